The molecule has 1 heterocycles. The third kappa shape index (κ3) is 3.46. The molecule has 15 heavy (non-hydrogen) atoms. The second-order valence-electron chi connectivity index (χ2n) is 5.36. The molecule has 2 heteroatoms. The summed E-state index contributed by atoms with van der Waals surface area (Å²) >= 11 is 0. The summed E-state index contributed by atoms with van der Waals surface area (Å²) in [5.41, 5.74) is -0.0322. The first-order valence-electron chi connectivity index (χ1n) is 6.52. The summed E-state index contributed by atoms with van der Waals surface area (Å²) in [5.74, 6) is 0. The minimum atomic E-state index is -0.171. The molecule has 1 aliphatic heterocycles. The molecule has 1 saturated heterocycles. The molecule has 1 aliphatic rings. The quantitative estimate of drug-likeness (QED) is 0.759. The molecule has 90 valence electrons. The fraction of sp³-hybridized carbons (Fsp3) is 1.00. The highest BCUT2D eigenvalue weighted by Crippen LogP contribution is 2.26. The lowest BCUT2D eigenvalue weighted by Gasteiger charge is -2.44. The molecular formula is C13H27NO. The maximum absolute atomic E-state index is 10.2. The maximum atomic E-state index is 10.2. The Bertz CT molecular complexity index is 173. The summed E-state index contributed by atoms with van der Waals surface area (Å²) in [4.78, 5) is 2.47. The zero-order valence-corrected chi connectivity index (χ0v) is 10.6. The van der Waals surface area contributed by atoms with Crippen molar-refractivity contribution < 1.29 is 5.11 Å². The van der Waals surface area contributed by atoms with Crippen molar-refractivity contribution >= 4 is 0 Å². The molecule has 0 saturated carbocycles. The predicted octanol–water partition coefficient (Wildman–Crippen LogP) is 2.80. The number of nitrogens with zero attached hydrogens (tertiary/aromatic N) is 1. The van der Waals surface area contributed by atoms with Crippen LogP contribution in [0.2, 0.25) is 0 Å². The van der Waals surface area contributed by atoms with Crippen LogP contribution in [-0.4, -0.2) is 34.7 Å². The number of rotatable bonds is 5. The molecule has 0 aliphatic carbocycles. The predicted molar refractivity (Wildman–Crippen MR) is 65.0 cm³/mol. The van der Waals surface area contributed by atoms with Crippen LogP contribution in [0, 0.1) is 0 Å². The van der Waals surface area contributed by atoms with Crippen LogP contribution in [0.5, 0.6) is 0 Å². The van der Waals surface area contributed by atoms with Gasteiger partial charge in [0, 0.05) is 5.54 Å². The van der Waals surface area contributed by atoms with Crippen molar-refractivity contribution in [2.75, 3.05) is 13.1 Å². The molecule has 1 N–H and O–H groups in total. The van der Waals surface area contributed by atoms with E-state index in [0.717, 1.165) is 25.9 Å². The summed E-state index contributed by atoms with van der Waals surface area (Å²) in [5, 5.41) is 10.2. The normalized spacial score (nSPS) is 21.6. The second kappa shape index (κ2) is 5.86. The van der Waals surface area contributed by atoms with E-state index in [4.69, 9.17) is 0 Å². The molecule has 0 aromatic heterocycles. The molecule has 1 atom stereocenters. The second-order valence-corrected chi connectivity index (χ2v) is 5.36. The van der Waals surface area contributed by atoms with E-state index >= 15 is 0 Å². The molecule has 0 aromatic carbocycles. The van der Waals surface area contributed by atoms with Crippen LogP contribution in [0.3, 0.4) is 0 Å². The van der Waals surface area contributed by atoms with Gasteiger partial charge in [-0.2, -0.15) is 0 Å². The lowest BCUT2D eigenvalue weighted by Crippen LogP contribution is -2.54. The van der Waals surface area contributed by atoms with Crippen LogP contribution in [-0.2, 0) is 0 Å². The van der Waals surface area contributed by atoms with Crippen molar-refractivity contribution in [3.63, 3.8) is 0 Å². The van der Waals surface area contributed by atoms with Gasteiger partial charge in [0.25, 0.3) is 0 Å². The van der Waals surface area contributed by atoms with Crippen molar-refractivity contribution in [3.05, 3.63) is 0 Å². The van der Waals surface area contributed by atoms with Crippen LogP contribution in [0.25, 0.3) is 0 Å². The molecule has 1 unspecified atom stereocenters. The zero-order valence-electron chi connectivity index (χ0n) is 10.6. The van der Waals surface area contributed by atoms with E-state index in [9.17, 15) is 5.11 Å². The third-order valence-corrected chi connectivity index (χ3v) is 3.82. The lowest BCUT2D eigenvalue weighted by molar-refractivity contribution is -0.0239. The number of piperidine rings is 1. The van der Waals surface area contributed by atoms with Crippen molar-refractivity contribution in [2.45, 2.75) is 70.9 Å². The summed E-state index contributed by atoms with van der Waals surface area (Å²) in [6.07, 6.45) is 7.03. The van der Waals surface area contributed by atoms with Gasteiger partial charge in [-0.1, -0.05) is 26.2 Å². The minimum absolute atomic E-state index is 0.0322. The van der Waals surface area contributed by atoms with E-state index in [0.29, 0.717) is 0 Å². The van der Waals surface area contributed by atoms with Gasteiger partial charge in [-0.3, -0.25) is 4.90 Å². The molecule has 2 nitrogen and oxygen atoms in total. The maximum Gasteiger partial charge on any atom is 0.0718 e. The molecule has 0 amide bonds. The molecule has 0 aromatic rings. The van der Waals surface area contributed by atoms with E-state index in [2.05, 4.69) is 25.7 Å². The van der Waals surface area contributed by atoms with Gasteiger partial charge in [-0.25, -0.2) is 0 Å². The van der Waals surface area contributed by atoms with Crippen LogP contribution >= 0.6 is 0 Å². The molecular weight excluding hydrogens is 186 g/mol. The Morgan fingerprint density at radius 2 is 1.80 bits per heavy atom. The highest BCUT2D eigenvalue weighted by atomic mass is 16.3. The van der Waals surface area contributed by atoms with Gasteiger partial charge in [0.15, 0.2) is 0 Å². The molecule has 0 bridgehead atoms. The van der Waals surface area contributed by atoms with E-state index in [1.54, 1.807) is 0 Å². The van der Waals surface area contributed by atoms with Gasteiger partial charge in [-0.15, -0.1) is 0 Å². The van der Waals surface area contributed by atoms with E-state index in [1.165, 1.54) is 25.7 Å². The Hall–Kier alpha value is -0.0800. The first-order valence-corrected chi connectivity index (χ1v) is 6.52. The van der Waals surface area contributed by atoms with Crippen LogP contribution in [0.4, 0.5) is 0 Å². The van der Waals surface area contributed by atoms with Gasteiger partial charge in [0.2, 0.25) is 0 Å². The Morgan fingerprint density at radius 3 is 2.33 bits per heavy atom. The highest BCUT2D eigenvalue weighted by Gasteiger charge is 2.34. The molecule has 0 spiro atoms. The number of aliphatic hydroxyl groups is 1. The van der Waals surface area contributed by atoms with E-state index < -0.39 is 0 Å². The van der Waals surface area contributed by atoms with Crippen molar-refractivity contribution in [1.29, 1.82) is 0 Å². The molecule has 0 radical (unpaired) electrons. The zero-order chi connectivity index (χ0) is 11.3. The highest BCUT2D eigenvalue weighted by molar-refractivity contribution is 4.89. The van der Waals surface area contributed by atoms with Crippen LogP contribution < -0.4 is 0 Å². The van der Waals surface area contributed by atoms with Crippen molar-refractivity contribution in [2.24, 2.45) is 0 Å². The van der Waals surface area contributed by atoms with Crippen LogP contribution in [0.1, 0.15) is 59.3 Å². The molecule has 1 rings (SSSR count). The Morgan fingerprint density at radius 1 is 1.20 bits per heavy atom. The van der Waals surface area contributed by atoms with E-state index in [1.807, 2.05) is 0 Å². The van der Waals surface area contributed by atoms with Gasteiger partial charge in [0.05, 0.1) is 6.10 Å². The summed E-state index contributed by atoms with van der Waals surface area (Å²) in [6, 6.07) is 0. The van der Waals surface area contributed by atoms with Crippen molar-refractivity contribution in [1.82, 2.24) is 4.90 Å². The standard InChI is InChI=1S/C13H27NO/c1-4-5-9-12(15)13(2,3)14-10-7-6-8-11-14/h12,15H,4-11H2,1-3H3. The number of unbranched alkanes of at least 4 members (excludes halogenated alkanes) is 1. The number of hydrogen-bond acceptors (Lipinski definition) is 2. The van der Waals surface area contributed by atoms with Crippen LogP contribution in [0.15, 0.2) is 0 Å². The van der Waals surface area contributed by atoms with Gasteiger partial charge in [0.1, 0.15) is 0 Å². The average molecular weight is 213 g/mol. The first kappa shape index (κ1) is 13.0. The molecule has 1 fully saturated rings. The Labute approximate surface area is 94.7 Å². The fourth-order valence-corrected chi connectivity index (χ4v) is 2.43. The van der Waals surface area contributed by atoms with Gasteiger partial charge in [-0.05, 0) is 46.2 Å². The van der Waals surface area contributed by atoms with Gasteiger partial charge < -0.3 is 5.11 Å². The fourth-order valence-electron chi connectivity index (χ4n) is 2.43. The average Bonchev–Trinajstić information content (AvgIpc) is 2.27. The summed E-state index contributed by atoms with van der Waals surface area (Å²) in [6.45, 7) is 8.89. The number of hydrogen-bond donors (Lipinski definition) is 1. The smallest absolute Gasteiger partial charge is 0.0718 e. The van der Waals surface area contributed by atoms with Gasteiger partial charge >= 0.3 is 0 Å². The SMILES string of the molecule is CCCCC(O)C(C)(C)N1CCCCC1. The lowest BCUT2D eigenvalue weighted by atomic mass is 9.89. The first-order chi connectivity index (χ1) is 7.09. The van der Waals surface area contributed by atoms with E-state index in [-0.39, 0.29) is 11.6 Å². The Kier molecular flexibility index (Phi) is 5.07. The minimum Gasteiger partial charge on any atom is -0.391 e. The number of aliphatic hydroxyl groups excluding tert-OH is 1. The topological polar surface area (TPSA) is 23.5 Å². The summed E-state index contributed by atoms with van der Waals surface area (Å²) < 4.78 is 0. The third-order valence-electron chi connectivity index (χ3n) is 3.82. The van der Waals surface area contributed by atoms with Crippen molar-refractivity contribution in [3.8, 4) is 0 Å². The summed E-state index contributed by atoms with van der Waals surface area (Å²) in [7, 11) is 0. The Balaban J connectivity index is 2.46. The number of likely N-dealkylation sites (tertiary alicyclic amines) is 1. The monoisotopic (exact) mass is 213 g/mol. The largest absolute Gasteiger partial charge is 0.391 e.